The van der Waals surface area contributed by atoms with Crippen molar-refractivity contribution >= 4 is 5.69 Å². The van der Waals surface area contributed by atoms with Gasteiger partial charge in [0.2, 0.25) is 0 Å². The standard InChI is InChI=1S/C11H16FNO2/c1-11(2,3)15-13-9-6-5-8(12)7-10(9)14-4/h5-7,13H,1-4H3. The van der Waals surface area contributed by atoms with Gasteiger partial charge in [-0.25, -0.2) is 4.39 Å². The molecule has 0 unspecified atom stereocenters. The maximum absolute atomic E-state index is 12.9. The van der Waals surface area contributed by atoms with Crippen molar-refractivity contribution in [1.82, 2.24) is 0 Å². The van der Waals surface area contributed by atoms with E-state index in [-0.39, 0.29) is 11.4 Å². The van der Waals surface area contributed by atoms with Gasteiger partial charge < -0.3 is 4.74 Å². The van der Waals surface area contributed by atoms with Crippen LogP contribution in [0.5, 0.6) is 5.75 Å². The zero-order valence-corrected chi connectivity index (χ0v) is 9.43. The average molecular weight is 213 g/mol. The lowest BCUT2D eigenvalue weighted by molar-refractivity contribution is 0.0371. The molecule has 0 aromatic heterocycles. The zero-order valence-electron chi connectivity index (χ0n) is 9.43. The van der Waals surface area contributed by atoms with Crippen molar-refractivity contribution < 1.29 is 14.0 Å². The van der Waals surface area contributed by atoms with Crippen LogP contribution < -0.4 is 10.2 Å². The van der Waals surface area contributed by atoms with Crippen molar-refractivity contribution in [2.45, 2.75) is 26.4 Å². The molecule has 1 rings (SSSR count). The third-order valence-electron chi connectivity index (χ3n) is 1.63. The summed E-state index contributed by atoms with van der Waals surface area (Å²) in [6.45, 7) is 5.74. The molecule has 0 spiro atoms. The van der Waals surface area contributed by atoms with Gasteiger partial charge in [-0.3, -0.25) is 10.3 Å². The molecule has 4 heteroatoms. The molecule has 1 aromatic carbocycles. The summed E-state index contributed by atoms with van der Waals surface area (Å²) in [7, 11) is 1.48. The summed E-state index contributed by atoms with van der Waals surface area (Å²) < 4.78 is 17.9. The summed E-state index contributed by atoms with van der Waals surface area (Å²) in [5, 5.41) is 0. The van der Waals surface area contributed by atoms with E-state index in [2.05, 4.69) is 5.48 Å². The van der Waals surface area contributed by atoms with Crippen molar-refractivity contribution in [2.75, 3.05) is 12.6 Å². The summed E-state index contributed by atoms with van der Waals surface area (Å²) in [4.78, 5) is 5.35. The molecule has 0 fully saturated rings. The Balaban J connectivity index is 2.76. The Morgan fingerprint density at radius 3 is 2.47 bits per heavy atom. The largest absolute Gasteiger partial charge is 0.494 e. The number of methoxy groups -OCH3 is 1. The first kappa shape index (κ1) is 11.8. The number of benzene rings is 1. The highest BCUT2D eigenvalue weighted by Crippen LogP contribution is 2.25. The predicted octanol–water partition coefficient (Wildman–Crippen LogP) is 2.98. The second-order valence-electron chi connectivity index (χ2n) is 4.16. The monoisotopic (exact) mass is 213 g/mol. The van der Waals surface area contributed by atoms with Crippen molar-refractivity contribution in [3.8, 4) is 5.75 Å². The maximum atomic E-state index is 12.9. The van der Waals surface area contributed by atoms with Crippen LogP contribution in [0.1, 0.15) is 20.8 Å². The molecule has 0 radical (unpaired) electrons. The number of ether oxygens (including phenoxy) is 1. The molecule has 0 saturated carbocycles. The summed E-state index contributed by atoms with van der Waals surface area (Å²) in [5.41, 5.74) is 3.03. The minimum absolute atomic E-state index is 0.320. The molecule has 0 saturated heterocycles. The summed E-state index contributed by atoms with van der Waals surface area (Å²) in [6, 6.07) is 4.21. The molecule has 0 amide bonds. The van der Waals surface area contributed by atoms with Crippen LogP contribution in [0.4, 0.5) is 10.1 Å². The first-order valence-electron chi connectivity index (χ1n) is 4.70. The fourth-order valence-corrected chi connectivity index (χ4v) is 0.957. The smallest absolute Gasteiger partial charge is 0.147 e. The van der Waals surface area contributed by atoms with Gasteiger partial charge in [-0.1, -0.05) is 0 Å². The van der Waals surface area contributed by atoms with Crippen molar-refractivity contribution in [2.24, 2.45) is 0 Å². The van der Waals surface area contributed by atoms with Gasteiger partial charge in [0.15, 0.2) is 0 Å². The molecule has 0 atom stereocenters. The SMILES string of the molecule is COc1cc(F)ccc1NOC(C)(C)C. The Hall–Kier alpha value is -1.29. The molecule has 1 N–H and O–H groups in total. The van der Waals surface area contributed by atoms with E-state index >= 15 is 0 Å². The Bertz CT molecular complexity index is 334. The second-order valence-corrected chi connectivity index (χ2v) is 4.16. The van der Waals surface area contributed by atoms with E-state index in [1.165, 1.54) is 19.2 Å². The molecule has 1 aromatic rings. The van der Waals surface area contributed by atoms with E-state index in [4.69, 9.17) is 9.57 Å². The van der Waals surface area contributed by atoms with Crippen LogP contribution in [0.3, 0.4) is 0 Å². The van der Waals surface area contributed by atoms with Crippen LogP contribution in [-0.2, 0) is 4.84 Å². The number of anilines is 1. The van der Waals surface area contributed by atoms with E-state index in [1.54, 1.807) is 6.07 Å². The van der Waals surface area contributed by atoms with Gasteiger partial charge in [-0.15, -0.1) is 0 Å². The second kappa shape index (κ2) is 4.49. The number of nitrogens with one attached hydrogen (secondary N) is 1. The van der Waals surface area contributed by atoms with E-state index in [0.29, 0.717) is 11.4 Å². The molecule has 0 aliphatic carbocycles. The molecule has 0 bridgehead atoms. The van der Waals surface area contributed by atoms with Gasteiger partial charge in [0.25, 0.3) is 0 Å². The number of halogens is 1. The van der Waals surface area contributed by atoms with E-state index < -0.39 is 0 Å². The summed E-state index contributed by atoms with van der Waals surface area (Å²) in [6.07, 6.45) is 0. The quantitative estimate of drug-likeness (QED) is 0.783. The van der Waals surface area contributed by atoms with Crippen LogP contribution in [0.15, 0.2) is 18.2 Å². The molecular formula is C11H16FNO2. The van der Waals surface area contributed by atoms with E-state index in [9.17, 15) is 4.39 Å². The van der Waals surface area contributed by atoms with Gasteiger partial charge in [0.1, 0.15) is 17.3 Å². The van der Waals surface area contributed by atoms with Crippen LogP contribution in [-0.4, -0.2) is 12.7 Å². The van der Waals surface area contributed by atoms with Crippen molar-refractivity contribution in [1.29, 1.82) is 0 Å². The molecule has 0 aliphatic rings. The number of hydrogen-bond acceptors (Lipinski definition) is 3. The van der Waals surface area contributed by atoms with Crippen LogP contribution in [0.25, 0.3) is 0 Å². The molecular weight excluding hydrogens is 197 g/mol. The van der Waals surface area contributed by atoms with Gasteiger partial charge in [-0.05, 0) is 32.9 Å². The topological polar surface area (TPSA) is 30.5 Å². The third-order valence-corrected chi connectivity index (χ3v) is 1.63. The third kappa shape index (κ3) is 3.75. The Morgan fingerprint density at radius 1 is 1.27 bits per heavy atom. The zero-order chi connectivity index (χ0) is 11.5. The number of hydrogen-bond donors (Lipinski definition) is 1. The maximum Gasteiger partial charge on any atom is 0.147 e. The fraction of sp³-hybridized carbons (Fsp3) is 0.455. The highest BCUT2D eigenvalue weighted by atomic mass is 19.1. The van der Waals surface area contributed by atoms with Crippen molar-refractivity contribution in [3.05, 3.63) is 24.0 Å². The lowest BCUT2D eigenvalue weighted by Gasteiger charge is -2.20. The lowest BCUT2D eigenvalue weighted by atomic mass is 10.2. The summed E-state index contributed by atoms with van der Waals surface area (Å²) in [5.74, 6) is 0.0763. The first-order valence-corrected chi connectivity index (χ1v) is 4.70. The summed E-state index contributed by atoms with van der Waals surface area (Å²) >= 11 is 0. The Morgan fingerprint density at radius 2 is 1.93 bits per heavy atom. The van der Waals surface area contributed by atoms with Crippen LogP contribution in [0, 0.1) is 5.82 Å². The van der Waals surface area contributed by atoms with E-state index in [0.717, 1.165) is 0 Å². The molecule has 15 heavy (non-hydrogen) atoms. The predicted molar refractivity (Wildman–Crippen MR) is 57.4 cm³/mol. The first-order chi connectivity index (χ1) is 6.92. The molecule has 0 aliphatic heterocycles. The Kier molecular flexibility index (Phi) is 3.52. The minimum atomic E-state index is -0.340. The van der Waals surface area contributed by atoms with Gasteiger partial charge in [-0.2, -0.15) is 0 Å². The van der Waals surface area contributed by atoms with Gasteiger partial charge in [0, 0.05) is 6.07 Å². The van der Waals surface area contributed by atoms with Crippen molar-refractivity contribution in [3.63, 3.8) is 0 Å². The lowest BCUT2D eigenvalue weighted by Crippen LogP contribution is -2.23. The highest BCUT2D eigenvalue weighted by molar-refractivity contribution is 5.54. The van der Waals surface area contributed by atoms with E-state index in [1.807, 2.05) is 20.8 Å². The average Bonchev–Trinajstić information content (AvgIpc) is 2.14. The number of rotatable bonds is 3. The van der Waals surface area contributed by atoms with Crippen LogP contribution >= 0.6 is 0 Å². The van der Waals surface area contributed by atoms with Gasteiger partial charge in [0.05, 0.1) is 12.7 Å². The Labute approximate surface area is 89.2 Å². The van der Waals surface area contributed by atoms with Crippen LogP contribution in [0.2, 0.25) is 0 Å². The highest BCUT2D eigenvalue weighted by Gasteiger charge is 2.12. The normalized spacial score (nSPS) is 11.3. The molecule has 84 valence electrons. The minimum Gasteiger partial charge on any atom is -0.494 e. The van der Waals surface area contributed by atoms with Gasteiger partial charge >= 0.3 is 0 Å². The molecule has 0 heterocycles. The fourth-order valence-electron chi connectivity index (χ4n) is 0.957. The molecule has 3 nitrogen and oxygen atoms in total.